The average Bonchev–Trinajstić information content (AvgIpc) is 3.06. The zero-order chi connectivity index (χ0) is 26.6. The molecule has 0 amide bonds. The van der Waals surface area contributed by atoms with Crippen LogP contribution in [0.1, 0.15) is 33.9 Å². The van der Waals surface area contributed by atoms with E-state index >= 15 is 4.39 Å². The molecule has 1 saturated heterocycles. The monoisotopic (exact) mass is 548 g/mol. The van der Waals surface area contributed by atoms with Crippen LogP contribution in [0.2, 0.25) is 0 Å². The Labute approximate surface area is 212 Å². The molecule has 1 aliphatic carbocycles. The van der Waals surface area contributed by atoms with Gasteiger partial charge in [0.1, 0.15) is 6.04 Å². The Morgan fingerprint density at radius 3 is 2.75 bits per heavy atom. The predicted octanol–water partition coefficient (Wildman–Crippen LogP) is 1.43. The number of nitrogens with two attached hydrogens (primary N) is 1. The molecule has 2 aliphatic rings. The fourth-order valence-electron chi connectivity index (χ4n) is 4.27. The summed E-state index contributed by atoms with van der Waals surface area (Å²) in [6, 6.07) is -0.969. The summed E-state index contributed by atoms with van der Waals surface area (Å²) < 4.78 is 45.9. The number of halogens is 2. The van der Waals surface area contributed by atoms with Gasteiger partial charge in [-0.1, -0.05) is 5.09 Å². The van der Waals surface area contributed by atoms with Gasteiger partial charge in [0.25, 0.3) is 0 Å². The molecule has 4 rings (SSSR count). The molecule has 0 spiro atoms. The number of aliphatic hydroxyl groups is 1. The summed E-state index contributed by atoms with van der Waals surface area (Å²) in [5.74, 6) is -0.581. The maximum absolute atomic E-state index is 15.8. The Hall–Kier alpha value is -2.22. The van der Waals surface area contributed by atoms with Crippen LogP contribution in [0.3, 0.4) is 0 Å². The van der Waals surface area contributed by atoms with Gasteiger partial charge >= 0.3 is 14.1 Å². The molecule has 13 nitrogen and oxygen atoms in total. The average molecular weight is 549 g/mol. The van der Waals surface area contributed by atoms with Crippen LogP contribution in [-0.2, 0) is 23.4 Å². The highest BCUT2D eigenvalue weighted by Gasteiger charge is 2.91. The highest BCUT2D eigenvalue weighted by molar-refractivity contribution is 7.36. The Morgan fingerprint density at radius 2 is 2.17 bits per heavy atom. The van der Waals surface area contributed by atoms with Crippen LogP contribution in [-0.4, -0.2) is 85.7 Å². The van der Waals surface area contributed by atoms with Gasteiger partial charge in [0, 0.05) is 13.6 Å². The number of anilines is 2. The second kappa shape index (κ2) is 9.58. The van der Waals surface area contributed by atoms with E-state index < -0.39 is 49.9 Å². The number of rotatable bonds is 10. The van der Waals surface area contributed by atoms with Gasteiger partial charge in [-0.05, 0) is 32.3 Å². The molecule has 0 bridgehead atoms. The molecule has 2 unspecified atom stereocenters. The molecule has 36 heavy (non-hydrogen) atoms. The van der Waals surface area contributed by atoms with Crippen molar-refractivity contribution >= 4 is 48.7 Å². The Morgan fingerprint density at radius 1 is 1.47 bits per heavy atom. The number of esters is 1. The smallest absolute Gasteiger partial charge is 0.462 e. The van der Waals surface area contributed by atoms with Crippen LogP contribution in [0.5, 0.6) is 0 Å². The van der Waals surface area contributed by atoms with Gasteiger partial charge in [-0.25, -0.2) is 9.37 Å². The molecule has 3 heterocycles. The van der Waals surface area contributed by atoms with Gasteiger partial charge < -0.3 is 25.2 Å². The normalized spacial score (nSPS) is 30.4. The van der Waals surface area contributed by atoms with Crippen molar-refractivity contribution in [1.29, 1.82) is 0 Å². The lowest BCUT2D eigenvalue weighted by Crippen LogP contribution is -2.35. The molecule has 7 atom stereocenters. The van der Waals surface area contributed by atoms with E-state index in [0.29, 0.717) is 17.9 Å². The van der Waals surface area contributed by atoms with Crippen LogP contribution < -0.4 is 15.7 Å². The molecule has 1 saturated carbocycles. The molecule has 0 radical (unpaired) electrons. The van der Waals surface area contributed by atoms with E-state index in [9.17, 15) is 14.5 Å². The van der Waals surface area contributed by atoms with E-state index in [1.54, 1.807) is 25.8 Å². The number of carbonyl (C=O) groups excluding carboxylic acids is 1. The lowest BCUT2D eigenvalue weighted by molar-refractivity contribution is -0.149. The van der Waals surface area contributed by atoms with Crippen LogP contribution in [0.25, 0.3) is 11.2 Å². The van der Waals surface area contributed by atoms with E-state index in [2.05, 4.69) is 20.0 Å². The largest absolute Gasteiger partial charge is 0.614 e. The third kappa shape index (κ3) is 4.09. The van der Waals surface area contributed by atoms with Crippen molar-refractivity contribution in [3.8, 4) is 0 Å². The quantitative estimate of drug-likeness (QED) is 0.222. The van der Waals surface area contributed by atoms with Crippen molar-refractivity contribution in [2.45, 2.75) is 69.5 Å². The third-order valence-electron chi connectivity index (χ3n) is 6.35. The lowest BCUT2D eigenvalue weighted by Gasteiger charge is -2.22. The van der Waals surface area contributed by atoms with Crippen LogP contribution in [0.4, 0.5) is 16.2 Å². The summed E-state index contributed by atoms with van der Waals surface area (Å²) in [7, 11) is -0.905. The Bertz CT molecular complexity index is 1180. The Kier molecular flexibility index (Phi) is 7.14. The van der Waals surface area contributed by atoms with Gasteiger partial charge in [-0.2, -0.15) is 9.97 Å². The van der Waals surface area contributed by atoms with E-state index in [1.807, 2.05) is 6.92 Å². The standard InChI is InChI=1S/C20H29ClFN7O6P/c1-6-28(5)13-11-14(26-18(23)25-13)29(8-24-11)15-12(22)20(31)17(19(20,7-21)34-15)35-36(32)27-10(4)16(30)33-9(2)3/h8-10,12,15,17,31H,6-7H2,1-5H3,(H,27,32)(H2,23,25,26)/q+1/t10-,12-,15+,17?,19+,20+/m0/s1. The minimum Gasteiger partial charge on any atom is -0.462 e. The minimum absolute atomic E-state index is 0.0433. The second-order valence-electron chi connectivity index (χ2n) is 9.08. The minimum atomic E-state index is -2.70. The number of imidazole rings is 1. The van der Waals surface area contributed by atoms with Crippen molar-refractivity contribution in [1.82, 2.24) is 24.6 Å². The fourth-order valence-corrected chi connectivity index (χ4v) is 5.69. The van der Waals surface area contributed by atoms with Crippen molar-refractivity contribution in [2.24, 2.45) is 0 Å². The first-order chi connectivity index (χ1) is 16.9. The molecule has 198 valence electrons. The van der Waals surface area contributed by atoms with Crippen molar-refractivity contribution < 1.29 is 32.9 Å². The van der Waals surface area contributed by atoms with Crippen LogP contribution in [0.15, 0.2) is 6.33 Å². The molecule has 2 aromatic rings. The number of ether oxygens (including phenoxy) is 2. The maximum Gasteiger partial charge on any atom is 0.614 e. The zero-order valence-electron chi connectivity index (χ0n) is 20.4. The van der Waals surface area contributed by atoms with E-state index in [1.165, 1.54) is 17.8 Å². The highest BCUT2D eigenvalue weighted by Crippen LogP contribution is 2.67. The number of nitrogens with zero attached hydrogens (tertiary/aromatic N) is 5. The number of carbonyl (C=O) groups is 1. The van der Waals surface area contributed by atoms with Gasteiger partial charge in [0.05, 0.1) is 18.3 Å². The number of aromatic nitrogens is 4. The number of fused-ring (bicyclic) bond motifs is 2. The summed E-state index contributed by atoms with van der Waals surface area (Å²) in [6.07, 6.45) is -3.81. The number of nitrogen functional groups attached to an aromatic ring is 1. The molecule has 4 N–H and O–H groups in total. The third-order valence-corrected chi connectivity index (χ3v) is 7.75. The number of alkyl halides is 2. The molecule has 2 fully saturated rings. The molecular formula is C20H29ClFN7O6P+. The number of nitrogens with one attached hydrogen (secondary N) is 1. The Balaban J connectivity index is 1.54. The SMILES string of the molecule is CCN(C)c1nc(N)nc2c1ncn2[C@@H]1O[C@]2(CCl)C(O[P+](=O)N[C@@H](C)C(=O)OC(C)C)[C@]2(O)[C@H]1F. The summed E-state index contributed by atoms with van der Waals surface area (Å²) in [5, 5.41) is 13.6. The summed E-state index contributed by atoms with van der Waals surface area (Å²) in [4.78, 5) is 26.5. The topological polar surface area (TPSA) is 167 Å². The highest BCUT2D eigenvalue weighted by atomic mass is 35.5. The molecule has 2 aromatic heterocycles. The molecule has 16 heteroatoms. The lowest BCUT2D eigenvalue weighted by atomic mass is 10.1. The van der Waals surface area contributed by atoms with Crippen LogP contribution >= 0.6 is 19.8 Å². The number of hydrogen-bond donors (Lipinski definition) is 3. The van der Waals surface area contributed by atoms with Crippen molar-refractivity contribution in [3.63, 3.8) is 0 Å². The van der Waals surface area contributed by atoms with Crippen molar-refractivity contribution in [2.75, 3.05) is 30.1 Å². The van der Waals surface area contributed by atoms with E-state index in [0.717, 1.165) is 0 Å². The van der Waals surface area contributed by atoms with Gasteiger partial charge in [-0.15, -0.1) is 16.1 Å². The van der Waals surface area contributed by atoms with Gasteiger partial charge in [0.2, 0.25) is 5.95 Å². The molecule has 1 aliphatic heterocycles. The van der Waals surface area contributed by atoms with Gasteiger partial charge in [-0.3, -0.25) is 9.36 Å². The summed E-state index contributed by atoms with van der Waals surface area (Å²) >= 11 is 6.09. The maximum atomic E-state index is 15.8. The zero-order valence-corrected chi connectivity index (χ0v) is 22.0. The second-order valence-corrected chi connectivity index (χ2v) is 10.3. The van der Waals surface area contributed by atoms with Crippen molar-refractivity contribution in [3.05, 3.63) is 6.33 Å². The summed E-state index contributed by atoms with van der Waals surface area (Å²) in [5.41, 5.74) is 2.56. The van der Waals surface area contributed by atoms with E-state index in [4.69, 9.17) is 31.3 Å². The number of hydrogen-bond acceptors (Lipinski definition) is 11. The summed E-state index contributed by atoms with van der Waals surface area (Å²) in [6.45, 7) is 7.31. The van der Waals surface area contributed by atoms with Gasteiger partial charge in [0.15, 0.2) is 46.7 Å². The first-order valence-electron chi connectivity index (χ1n) is 11.3. The molecule has 0 aromatic carbocycles. The molecular weight excluding hydrogens is 520 g/mol. The first kappa shape index (κ1) is 26.8. The van der Waals surface area contributed by atoms with Crippen LogP contribution in [0, 0.1) is 0 Å². The first-order valence-corrected chi connectivity index (χ1v) is 13.0. The van der Waals surface area contributed by atoms with E-state index in [-0.39, 0.29) is 23.6 Å². The predicted molar refractivity (Wildman–Crippen MR) is 128 cm³/mol. The fraction of sp³-hybridized carbons (Fsp3) is 0.700.